The van der Waals surface area contributed by atoms with E-state index >= 15 is 0 Å². The minimum atomic E-state index is -0.472. The van der Waals surface area contributed by atoms with E-state index in [4.69, 9.17) is 9.47 Å². The standard InChI is InChI=1S/C24H22O4/c1-18(24(26)28-16-15-27-22-13-6-3-7-14-22)20-11-8-12-21(17-20)23(25)19-9-4-2-5-10-19/h2-14,17-18H,15-16H2,1H3. The number of benzene rings is 3. The molecule has 3 aromatic carbocycles. The third kappa shape index (κ3) is 5.07. The van der Waals surface area contributed by atoms with Gasteiger partial charge in [-0.2, -0.15) is 0 Å². The quantitative estimate of drug-likeness (QED) is 0.327. The van der Waals surface area contributed by atoms with Gasteiger partial charge in [0.05, 0.1) is 5.92 Å². The Hall–Kier alpha value is -3.40. The van der Waals surface area contributed by atoms with Crippen LogP contribution in [-0.4, -0.2) is 25.0 Å². The molecule has 0 aliphatic rings. The molecule has 0 aromatic heterocycles. The van der Waals surface area contributed by atoms with Crippen molar-refractivity contribution in [2.75, 3.05) is 13.2 Å². The van der Waals surface area contributed by atoms with E-state index in [2.05, 4.69) is 0 Å². The predicted octanol–water partition coefficient (Wildman–Crippen LogP) is 4.64. The third-order valence-electron chi connectivity index (χ3n) is 4.38. The molecular formula is C24H22O4. The fraction of sp³-hybridized carbons (Fsp3) is 0.167. The van der Waals surface area contributed by atoms with Crippen molar-refractivity contribution < 1.29 is 19.1 Å². The van der Waals surface area contributed by atoms with Crippen LogP contribution in [-0.2, 0) is 9.53 Å². The van der Waals surface area contributed by atoms with Crippen LogP contribution in [0.2, 0.25) is 0 Å². The Morgan fingerprint density at radius 1 is 0.786 bits per heavy atom. The van der Waals surface area contributed by atoms with E-state index in [0.717, 1.165) is 11.3 Å². The Morgan fingerprint density at radius 3 is 2.14 bits per heavy atom. The summed E-state index contributed by atoms with van der Waals surface area (Å²) in [6.07, 6.45) is 0. The summed E-state index contributed by atoms with van der Waals surface area (Å²) in [5.41, 5.74) is 1.92. The maximum Gasteiger partial charge on any atom is 0.313 e. The zero-order valence-electron chi connectivity index (χ0n) is 15.7. The van der Waals surface area contributed by atoms with E-state index in [-0.39, 0.29) is 25.0 Å². The highest BCUT2D eigenvalue weighted by molar-refractivity contribution is 6.09. The lowest BCUT2D eigenvalue weighted by Gasteiger charge is -2.13. The average molecular weight is 374 g/mol. The first-order valence-corrected chi connectivity index (χ1v) is 9.19. The average Bonchev–Trinajstić information content (AvgIpc) is 2.77. The molecule has 4 nitrogen and oxygen atoms in total. The van der Waals surface area contributed by atoms with E-state index in [1.165, 1.54) is 0 Å². The van der Waals surface area contributed by atoms with Crippen molar-refractivity contribution in [3.8, 4) is 5.75 Å². The first-order valence-electron chi connectivity index (χ1n) is 9.19. The Labute approximate surface area is 164 Å². The molecule has 0 N–H and O–H groups in total. The number of carbonyl (C=O) groups is 2. The van der Waals surface area contributed by atoms with Gasteiger partial charge in [-0.1, -0.05) is 66.7 Å². The molecule has 0 heterocycles. The number of carbonyl (C=O) groups excluding carboxylic acids is 2. The molecule has 0 spiro atoms. The Kier molecular flexibility index (Phi) is 6.58. The van der Waals surface area contributed by atoms with Crippen LogP contribution in [0.1, 0.15) is 34.3 Å². The zero-order valence-corrected chi connectivity index (χ0v) is 15.7. The summed E-state index contributed by atoms with van der Waals surface area (Å²) in [5.74, 6) is -0.153. The number of hydrogen-bond acceptors (Lipinski definition) is 4. The lowest BCUT2D eigenvalue weighted by molar-refractivity contribution is -0.145. The fourth-order valence-corrected chi connectivity index (χ4v) is 2.79. The molecule has 3 aromatic rings. The van der Waals surface area contributed by atoms with E-state index < -0.39 is 5.92 Å². The molecule has 0 aliphatic carbocycles. The van der Waals surface area contributed by atoms with Crippen molar-refractivity contribution in [2.24, 2.45) is 0 Å². The van der Waals surface area contributed by atoms with Crippen LogP contribution >= 0.6 is 0 Å². The summed E-state index contributed by atoms with van der Waals surface area (Å²) >= 11 is 0. The molecular weight excluding hydrogens is 352 g/mol. The number of hydrogen-bond donors (Lipinski definition) is 0. The van der Waals surface area contributed by atoms with Crippen LogP contribution in [0.15, 0.2) is 84.9 Å². The van der Waals surface area contributed by atoms with Gasteiger partial charge in [0.1, 0.15) is 19.0 Å². The number of rotatable bonds is 8. The minimum Gasteiger partial charge on any atom is -0.490 e. The van der Waals surface area contributed by atoms with Gasteiger partial charge in [-0.05, 0) is 30.7 Å². The van der Waals surface area contributed by atoms with Crippen molar-refractivity contribution >= 4 is 11.8 Å². The molecule has 0 saturated carbocycles. The van der Waals surface area contributed by atoms with Gasteiger partial charge in [0.15, 0.2) is 5.78 Å². The normalized spacial score (nSPS) is 11.5. The van der Waals surface area contributed by atoms with Crippen LogP contribution in [0.3, 0.4) is 0 Å². The van der Waals surface area contributed by atoms with Gasteiger partial charge in [0.2, 0.25) is 0 Å². The van der Waals surface area contributed by atoms with Crippen molar-refractivity contribution in [3.63, 3.8) is 0 Å². The number of ether oxygens (including phenoxy) is 2. The maximum absolute atomic E-state index is 12.6. The monoisotopic (exact) mass is 374 g/mol. The highest BCUT2D eigenvalue weighted by Crippen LogP contribution is 2.20. The molecule has 1 atom stereocenters. The molecule has 3 rings (SSSR count). The van der Waals surface area contributed by atoms with Gasteiger partial charge in [-0.25, -0.2) is 0 Å². The van der Waals surface area contributed by atoms with Gasteiger partial charge in [0, 0.05) is 11.1 Å². The Balaban J connectivity index is 1.57. The summed E-state index contributed by atoms with van der Waals surface area (Å²) in [6.45, 7) is 2.22. The second-order valence-electron chi connectivity index (χ2n) is 6.37. The molecule has 0 saturated heterocycles. The molecule has 28 heavy (non-hydrogen) atoms. The van der Waals surface area contributed by atoms with E-state index in [1.807, 2.05) is 54.6 Å². The van der Waals surface area contributed by atoms with E-state index in [1.54, 1.807) is 37.3 Å². The molecule has 142 valence electrons. The van der Waals surface area contributed by atoms with Crippen molar-refractivity contribution in [2.45, 2.75) is 12.8 Å². The number of esters is 1. The predicted molar refractivity (Wildman–Crippen MR) is 108 cm³/mol. The smallest absolute Gasteiger partial charge is 0.313 e. The minimum absolute atomic E-state index is 0.0701. The van der Waals surface area contributed by atoms with Crippen molar-refractivity contribution in [3.05, 3.63) is 102 Å². The van der Waals surface area contributed by atoms with Crippen molar-refractivity contribution in [1.29, 1.82) is 0 Å². The number of para-hydroxylation sites is 1. The number of ketones is 1. The molecule has 0 aliphatic heterocycles. The van der Waals surface area contributed by atoms with Crippen LogP contribution in [0.4, 0.5) is 0 Å². The second-order valence-corrected chi connectivity index (χ2v) is 6.37. The molecule has 4 heteroatoms. The van der Waals surface area contributed by atoms with Crippen molar-refractivity contribution in [1.82, 2.24) is 0 Å². The molecule has 0 fully saturated rings. The Bertz CT molecular complexity index is 920. The lowest BCUT2D eigenvalue weighted by atomic mass is 9.96. The SMILES string of the molecule is CC(C(=O)OCCOc1ccccc1)c1cccc(C(=O)c2ccccc2)c1. The first kappa shape index (κ1) is 19.4. The fourth-order valence-electron chi connectivity index (χ4n) is 2.79. The highest BCUT2D eigenvalue weighted by atomic mass is 16.6. The van der Waals surface area contributed by atoms with Gasteiger partial charge < -0.3 is 9.47 Å². The summed E-state index contributed by atoms with van der Waals surface area (Å²) in [6, 6.07) is 25.6. The van der Waals surface area contributed by atoms with Gasteiger partial charge in [-0.3, -0.25) is 9.59 Å². The molecule has 0 bridgehead atoms. The van der Waals surface area contributed by atoms with Crippen LogP contribution in [0, 0.1) is 0 Å². The lowest BCUT2D eigenvalue weighted by Crippen LogP contribution is -2.17. The summed E-state index contributed by atoms with van der Waals surface area (Å²) < 4.78 is 10.8. The maximum atomic E-state index is 12.6. The summed E-state index contributed by atoms with van der Waals surface area (Å²) in [7, 11) is 0. The highest BCUT2D eigenvalue weighted by Gasteiger charge is 2.18. The summed E-state index contributed by atoms with van der Waals surface area (Å²) in [4.78, 5) is 24.9. The second kappa shape index (κ2) is 9.51. The molecule has 0 amide bonds. The van der Waals surface area contributed by atoms with Gasteiger partial charge in [0.25, 0.3) is 0 Å². The Morgan fingerprint density at radius 2 is 1.43 bits per heavy atom. The molecule has 1 unspecified atom stereocenters. The van der Waals surface area contributed by atoms with E-state index in [0.29, 0.717) is 11.1 Å². The largest absolute Gasteiger partial charge is 0.490 e. The van der Waals surface area contributed by atoms with Gasteiger partial charge >= 0.3 is 5.97 Å². The van der Waals surface area contributed by atoms with Gasteiger partial charge in [-0.15, -0.1) is 0 Å². The summed E-state index contributed by atoms with van der Waals surface area (Å²) in [5, 5.41) is 0. The van der Waals surface area contributed by atoms with Crippen LogP contribution in [0.5, 0.6) is 5.75 Å². The topological polar surface area (TPSA) is 52.6 Å². The molecule has 0 radical (unpaired) electrons. The third-order valence-corrected chi connectivity index (χ3v) is 4.38. The zero-order chi connectivity index (χ0) is 19.8. The van der Waals surface area contributed by atoms with E-state index in [9.17, 15) is 9.59 Å². The van der Waals surface area contributed by atoms with Crippen LogP contribution < -0.4 is 4.74 Å². The first-order chi connectivity index (χ1) is 13.6. The van der Waals surface area contributed by atoms with Crippen LogP contribution in [0.25, 0.3) is 0 Å².